The van der Waals surface area contributed by atoms with Crippen LogP contribution in [0.5, 0.6) is 0 Å². The Hall–Kier alpha value is 0.0500. The second-order valence-electron chi connectivity index (χ2n) is 6.08. The van der Waals surface area contributed by atoms with Gasteiger partial charge in [-0.15, -0.1) is 5.11 Å². The molecule has 0 radical (unpaired) electrons. The molecular formula is C16H10N3Na3O9S3. The Morgan fingerprint density at radius 1 is 0.676 bits per heavy atom. The second kappa shape index (κ2) is 12.5. The number of rotatable bonds is 5. The van der Waals surface area contributed by atoms with E-state index in [-0.39, 0.29) is 111 Å². The number of fused-ring (bicyclic) bond motifs is 1. The van der Waals surface area contributed by atoms with Gasteiger partial charge in [-0.05, 0) is 41.8 Å². The minimum atomic E-state index is -5.13. The van der Waals surface area contributed by atoms with Crippen LogP contribution >= 0.6 is 0 Å². The maximum atomic E-state index is 11.6. The zero-order chi connectivity index (χ0) is 23.2. The molecule has 34 heavy (non-hydrogen) atoms. The first-order chi connectivity index (χ1) is 14.2. The molecule has 3 aromatic rings. The summed E-state index contributed by atoms with van der Waals surface area (Å²) < 4.78 is 102. The van der Waals surface area contributed by atoms with Crippen LogP contribution in [-0.4, -0.2) is 38.9 Å². The Labute approximate surface area is 261 Å². The molecule has 0 fully saturated rings. The summed E-state index contributed by atoms with van der Waals surface area (Å²) in [6.07, 6.45) is 0. The van der Waals surface area contributed by atoms with Gasteiger partial charge in [0.05, 0.1) is 26.1 Å². The fourth-order valence-corrected chi connectivity index (χ4v) is 4.29. The normalized spacial score (nSPS) is 12.0. The van der Waals surface area contributed by atoms with E-state index in [0.717, 1.165) is 36.4 Å². The largest absolute Gasteiger partial charge is 1.00 e. The molecule has 12 nitrogen and oxygen atoms in total. The van der Waals surface area contributed by atoms with Gasteiger partial charge in [0.25, 0.3) is 0 Å². The molecule has 0 aromatic heterocycles. The molecule has 0 aliphatic rings. The van der Waals surface area contributed by atoms with Crippen molar-refractivity contribution >= 4 is 58.2 Å². The van der Waals surface area contributed by atoms with E-state index in [9.17, 15) is 38.9 Å². The molecule has 2 N–H and O–H groups in total. The zero-order valence-corrected chi connectivity index (χ0v) is 26.4. The molecule has 3 aromatic carbocycles. The van der Waals surface area contributed by atoms with E-state index in [1.54, 1.807) is 0 Å². The summed E-state index contributed by atoms with van der Waals surface area (Å²) in [7, 11) is -14.8. The summed E-state index contributed by atoms with van der Waals surface area (Å²) in [6, 6.07) is 8.11. The van der Waals surface area contributed by atoms with E-state index < -0.39 is 50.7 Å². The molecule has 0 saturated heterocycles. The van der Waals surface area contributed by atoms with Gasteiger partial charge in [-0.25, -0.2) is 25.3 Å². The van der Waals surface area contributed by atoms with E-state index in [1.165, 1.54) is 12.1 Å². The van der Waals surface area contributed by atoms with Crippen molar-refractivity contribution in [2.24, 2.45) is 10.2 Å². The van der Waals surface area contributed by atoms with Gasteiger partial charge in [-0.1, -0.05) is 12.1 Å². The number of azo groups is 1. The number of benzene rings is 3. The van der Waals surface area contributed by atoms with Crippen molar-refractivity contribution in [3.8, 4) is 0 Å². The minimum Gasteiger partial charge on any atom is -0.744 e. The number of nitrogen functional groups attached to an aromatic ring is 1. The standard InChI is InChI=1S/C16H13N3O9S3.3Na/c17-15-14(31(26,27)28)7-9-6-12(30(23,24)25)4-5-13(9)16(15)19-18-10-2-1-3-11(8-10)29(20,21)22;;;/h1-8H,17H2,(H,20,21,22)(H,23,24,25)(H,26,27,28);;;/q;3*+1/p-3. The van der Waals surface area contributed by atoms with Crippen LogP contribution in [0.1, 0.15) is 0 Å². The van der Waals surface area contributed by atoms with E-state index in [0.29, 0.717) is 0 Å². The summed E-state index contributed by atoms with van der Waals surface area (Å²) in [5.74, 6) is 0. The molecule has 0 atom stereocenters. The third kappa shape index (κ3) is 8.03. The molecule has 0 spiro atoms. The molecule has 0 aliphatic carbocycles. The first kappa shape index (κ1) is 34.0. The van der Waals surface area contributed by atoms with E-state index in [4.69, 9.17) is 5.73 Å². The molecular weight excluding hydrogens is 543 g/mol. The van der Waals surface area contributed by atoms with Crippen molar-refractivity contribution in [1.82, 2.24) is 0 Å². The molecule has 18 heteroatoms. The van der Waals surface area contributed by atoms with Crippen LogP contribution in [-0.2, 0) is 30.4 Å². The Kier molecular flexibility index (Phi) is 12.5. The van der Waals surface area contributed by atoms with E-state index in [1.807, 2.05) is 0 Å². The van der Waals surface area contributed by atoms with E-state index in [2.05, 4.69) is 10.2 Å². The summed E-state index contributed by atoms with van der Waals surface area (Å²) in [4.78, 5) is -2.21. The van der Waals surface area contributed by atoms with Crippen LogP contribution in [0.4, 0.5) is 17.1 Å². The van der Waals surface area contributed by atoms with Crippen LogP contribution in [0.2, 0.25) is 0 Å². The summed E-state index contributed by atoms with van der Waals surface area (Å²) in [6.45, 7) is 0. The van der Waals surface area contributed by atoms with Crippen molar-refractivity contribution in [1.29, 1.82) is 0 Å². The molecule has 0 unspecified atom stereocenters. The maximum absolute atomic E-state index is 11.6. The van der Waals surface area contributed by atoms with Crippen LogP contribution in [0.3, 0.4) is 0 Å². The third-order valence-corrected chi connectivity index (χ3v) is 6.55. The fraction of sp³-hybridized carbons (Fsp3) is 0. The predicted molar refractivity (Wildman–Crippen MR) is 103 cm³/mol. The first-order valence-corrected chi connectivity index (χ1v) is 12.2. The summed E-state index contributed by atoms with van der Waals surface area (Å²) in [5.41, 5.74) is 4.70. The Balaban J connectivity index is 0.00000363. The number of anilines is 1. The Bertz CT molecular complexity index is 1580. The van der Waals surface area contributed by atoms with Crippen LogP contribution in [0, 0.1) is 0 Å². The van der Waals surface area contributed by atoms with Gasteiger partial charge in [-0.3, -0.25) is 0 Å². The molecule has 3 rings (SSSR count). The molecule has 0 heterocycles. The minimum absolute atomic E-state index is 0. The molecule has 0 saturated carbocycles. The monoisotopic (exact) mass is 553 g/mol. The Morgan fingerprint density at radius 2 is 1.24 bits per heavy atom. The topological polar surface area (TPSA) is 222 Å². The van der Waals surface area contributed by atoms with Crippen molar-refractivity contribution in [3.63, 3.8) is 0 Å². The number of nitrogens with zero attached hydrogens (tertiary/aromatic N) is 2. The first-order valence-electron chi connectivity index (χ1n) is 7.94. The SMILES string of the molecule is Nc1c(S(=O)(=O)[O-])cc2cc(S(=O)(=O)[O-])ccc2c1N=Nc1cccc(S(=O)(=O)[O-])c1.[Na+].[Na+].[Na+]. The maximum Gasteiger partial charge on any atom is 1.00 e. The number of hydrogen-bond acceptors (Lipinski definition) is 12. The van der Waals surface area contributed by atoms with Gasteiger partial charge >= 0.3 is 88.7 Å². The Morgan fingerprint density at radius 3 is 1.76 bits per heavy atom. The summed E-state index contributed by atoms with van der Waals surface area (Å²) >= 11 is 0. The smallest absolute Gasteiger partial charge is 0.744 e. The van der Waals surface area contributed by atoms with Crippen LogP contribution < -0.4 is 94.4 Å². The van der Waals surface area contributed by atoms with Gasteiger partial charge in [0.2, 0.25) is 0 Å². The van der Waals surface area contributed by atoms with Crippen molar-refractivity contribution < 1.29 is 128 Å². The average molecular weight is 553 g/mol. The summed E-state index contributed by atoms with van der Waals surface area (Å²) in [5, 5.41) is 7.39. The van der Waals surface area contributed by atoms with Gasteiger partial charge in [0.15, 0.2) is 0 Å². The van der Waals surface area contributed by atoms with Gasteiger partial charge in [0, 0.05) is 5.39 Å². The van der Waals surface area contributed by atoms with Crippen molar-refractivity contribution in [3.05, 3.63) is 48.5 Å². The van der Waals surface area contributed by atoms with Gasteiger partial charge in [-0.2, -0.15) is 5.11 Å². The average Bonchev–Trinajstić information content (AvgIpc) is 2.64. The van der Waals surface area contributed by atoms with E-state index >= 15 is 0 Å². The third-order valence-electron chi connectivity index (χ3n) is 4.02. The van der Waals surface area contributed by atoms with Gasteiger partial charge < -0.3 is 19.4 Å². The van der Waals surface area contributed by atoms with Crippen LogP contribution in [0.15, 0.2) is 73.4 Å². The number of hydrogen-bond donors (Lipinski definition) is 1. The zero-order valence-electron chi connectivity index (χ0n) is 18.0. The fourth-order valence-electron chi connectivity index (χ4n) is 2.64. The van der Waals surface area contributed by atoms with Crippen molar-refractivity contribution in [2.75, 3.05) is 5.73 Å². The van der Waals surface area contributed by atoms with Crippen LogP contribution in [0.25, 0.3) is 10.8 Å². The van der Waals surface area contributed by atoms with Crippen molar-refractivity contribution in [2.45, 2.75) is 14.7 Å². The number of nitrogens with two attached hydrogens (primary N) is 1. The second-order valence-corrected chi connectivity index (χ2v) is 10.2. The predicted octanol–water partition coefficient (Wildman–Crippen LogP) is -7.44. The molecule has 164 valence electrons. The van der Waals surface area contributed by atoms with Gasteiger partial charge in [0.1, 0.15) is 36.0 Å². The molecule has 0 bridgehead atoms. The molecule has 0 amide bonds. The molecule has 0 aliphatic heterocycles. The quantitative estimate of drug-likeness (QED) is 0.136.